The number of thiol groups is 1. The lowest BCUT2D eigenvalue weighted by Gasteiger charge is -2.18. The van der Waals surface area contributed by atoms with Gasteiger partial charge in [0, 0.05) is 0 Å². The molecule has 0 heterocycles. The van der Waals surface area contributed by atoms with E-state index in [0.29, 0.717) is 3.53 Å². The molecule has 0 radical (unpaired) electrons. The first kappa shape index (κ1) is 11.3. The minimum absolute atomic E-state index is 0.293. The van der Waals surface area contributed by atoms with Crippen molar-refractivity contribution in [2.24, 2.45) is 0 Å². The van der Waals surface area contributed by atoms with Crippen LogP contribution < -0.4 is 0 Å². The van der Waals surface area contributed by atoms with Gasteiger partial charge in [-0.2, -0.15) is 0 Å². The molecule has 0 atom stereocenters. The maximum atomic E-state index is 11.0. The summed E-state index contributed by atoms with van der Waals surface area (Å²) in [6, 6.07) is 0. The van der Waals surface area contributed by atoms with Crippen molar-refractivity contribution in [3.05, 3.63) is 0 Å². The van der Waals surface area contributed by atoms with Crippen LogP contribution in [-0.4, -0.2) is 21.4 Å². The summed E-state index contributed by atoms with van der Waals surface area (Å²) < 4.78 is 4.38. The van der Waals surface area contributed by atoms with E-state index in [9.17, 15) is 4.79 Å². The van der Waals surface area contributed by atoms with E-state index in [4.69, 9.17) is 12.2 Å². The summed E-state index contributed by atoms with van der Waals surface area (Å²) in [4.78, 5) is 11.0. The molecular weight excluding hydrogens is 200 g/mol. The van der Waals surface area contributed by atoms with Crippen LogP contribution in [0.4, 0.5) is 0 Å². The third-order valence-corrected chi connectivity index (χ3v) is 2.39. The van der Waals surface area contributed by atoms with Gasteiger partial charge in [0.15, 0.2) is 0 Å². The zero-order chi connectivity index (χ0) is 9.07. The van der Waals surface area contributed by atoms with E-state index < -0.39 is 4.75 Å². The van der Waals surface area contributed by atoms with Crippen molar-refractivity contribution in [2.75, 3.05) is 7.11 Å². The summed E-state index contributed by atoms with van der Waals surface area (Å²) >= 11 is 9.85. The molecule has 0 rings (SSSR count). The second kappa shape index (κ2) is 4.33. The zero-order valence-electron chi connectivity index (χ0n) is 6.58. The van der Waals surface area contributed by atoms with Gasteiger partial charge in [-0.05, 0) is 13.8 Å². The minimum atomic E-state index is -0.631. The highest BCUT2D eigenvalue weighted by Crippen LogP contribution is 2.28. The zero-order valence-corrected chi connectivity index (χ0v) is 9.11. The average Bonchev–Trinajstić information content (AvgIpc) is 1.83. The Morgan fingerprint density at radius 2 is 2.09 bits per heavy atom. The Morgan fingerprint density at radius 1 is 1.64 bits per heavy atom. The Balaban J connectivity index is 4.21. The average molecular weight is 210 g/mol. The van der Waals surface area contributed by atoms with Gasteiger partial charge in [0.25, 0.3) is 0 Å². The Morgan fingerprint density at radius 3 is 2.36 bits per heavy atom. The minimum Gasteiger partial charge on any atom is -0.468 e. The maximum Gasteiger partial charge on any atom is 0.321 e. The predicted octanol–water partition coefficient (Wildman–Crippen LogP) is 1.89. The molecular formula is C6H10O2S3. The fraction of sp³-hybridized carbons (Fsp3) is 0.667. The molecule has 0 aromatic rings. The molecule has 11 heavy (non-hydrogen) atoms. The number of esters is 1. The normalized spacial score (nSPS) is 10.9. The number of methoxy groups -OCH3 is 1. The molecule has 0 N–H and O–H groups in total. The maximum absolute atomic E-state index is 11.0. The van der Waals surface area contributed by atoms with Gasteiger partial charge in [-0.25, -0.2) is 0 Å². The van der Waals surface area contributed by atoms with Gasteiger partial charge in [-0.15, -0.1) is 12.6 Å². The molecule has 0 aliphatic heterocycles. The quantitative estimate of drug-likeness (QED) is 0.428. The molecule has 0 saturated carbocycles. The van der Waals surface area contributed by atoms with E-state index in [-0.39, 0.29) is 5.97 Å². The number of carbonyl (C=O) groups is 1. The van der Waals surface area contributed by atoms with Crippen molar-refractivity contribution in [1.82, 2.24) is 0 Å². The molecule has 0 aliphatic carbocycles. The first-order valence-corrected chi connectivity index (χ1v) is 4.57. The number of thioether (sulfide) groups is 1. The monoisotopic (exact) mass is 210 g/mol. The number of rotatable bonds is 2. The fourth-order valence-electron chi connectivity index (χ4n) is 0.506. The molecule has 5 heteroatoms. The van der Waals surface area contributed by atoms with Crippen LogP contribution in [0.2, 0.25) is 0 Å². The van der Waals surface area contributed by atoms with E-state index in [1.165, 1.54) is 18.9 Å². The van der Waals surface area contributed by atoms with E-state index in [1.807, 2.05) is 0 Å². The second-order valence-electron chi connectivity index (χ2n) is 2.37. The number of hydrogen-bond acceptors (Lipinski definition) is 4. The second-order valence-corrected chi connectivity index (χ2v) is 5.72. The molecule has 0 aromatic carbocycles. The van der Waals surface area contributed by atoms with Gasteiger partial charge in [0.1, 0.15) is 8.28 Å². The SMILES string of the molecule is COC(=O)C(C)(C)SC(=S)S. The van der Waals surface area contributed by atoms with Crippen molar-refractivity contribution < 1.29 is 9.53 Å². The van der Waals surface area contributed by atoms with E-state index in [2.05, 4.69) is 17.4 Å². The van der Waals surface area contributed by atoms with Crippen LogP contribution in [0.1, 0.15) is 13.8 Å². The number of thiocarbonyl (C=S) groups is 1. The predicted molar refractivity (Wildman–Crippen MR) is 55.3 cm³/mol. The van der Waals surface area contributed by atoms with Crippen molar-refractivity contribution in [3.8, 4) is 0 Å². The summed E-state index contributed by atoms with van der Waals surface area (Å²) in [5.74, 6) is -0.293. The van der Waals surface area contributed by atoms with Crippen molar-refractivity contribution >= 4 is 46.1 Å². The molecule has 0 amide bonds. The number of hydrogen-bond donors (Lipinski definition) is 1. The summed E-state index contributed by atoms with van der Waals surface area (Å²) in [5, 5.41) is 0. The van der Waals surface area contributed by atoms with Gasteiger partial charge in [-0.3, -0.25) is 4.79 Å². The van der Waals surface area contributed by atoms with Gasteiger partial charge in [0.05, 0.1) is 7.11 Å². The van der Waals surface area contributed by atoms with Crippen molar-refractivity contribution in [2.45, 2.75) is 18.6 Å². The van der Waals surface area contributed by atoms with E-state index in [0.717, 1.165) is 0 Å². The molecule has 0 aromatic heterocycles. The van der Waals surface area contributed by atoms with Crippen LogP contribution in [0.5, 0.6) is 0 Å². The first-order valence-electron chi connectivity index (χ1n) is 2.90. The summed E-state index contributed by atoms with van der Waals surface area (Å²) in [5.41, 5.74) is 0. The van der Waals surface area contributed by atoms with Crippen LogP contribution in [-0.2, 0) is 9.53 Å². The molecule has 0 unspecified atom stereocenters. The molecule has 0 spiro atoms. The van der Waals surface area contributed by atoms with Crippen LogP contribution in [0, 0.1) is 0 Å². The Hall–Kier alpha value is 0.260. The standard InChI is InChI=1S/C6H10O2S3/c1-6(2,4(7)8-3)11-5(9)10/h1-3H3,(H,9,10). The van der Waals surface area contributed by atoms with Gasteiger partial charge in [-0.1, -0.05) is 24.0 Å². The smallest absolute Gasteiger partial charge is 0.321 e. The molecule has 64 valence electrons. The molecule has 0 saturated heterocycles. The lowest BCUT2D eigenvalue weighted by molar-refractivity contribution is -0.142. The molecule has 0 aliphatic rings. The third-order valence-electron chi connectivity index (χ3n) is 1.02. The topological polar surface area (TPSA) is 26.3 Å². The lowest BCUT2D eigenvalue weighted by atomic mass is 10.2. The lowest BCUT2D eigenvalue weighted by Crippen LogP contribution is -2.29. The van der Waals surface area contributed by atoms with E-state index in [1.54, 1.807) is 13.8 Å². The molecule has 0 bridgehead atoms. The Labute approximate surface area is 81.5 Å². The van der Waals surface area contributed by atoms with Crippen molar-refractivity contribution in [1.29, 1.82) is 0 Å². The van der Waals surface area contributed by atoms with Gasteiger partial charge in [0.2, 0.25) is 0 Å². The fourth-order valence-corrected chi connectivity index (χ4v) is 2.42. The van der Waals surface area contributed by atoms with Crippen LogP contribution in [0.3, 0.4) is 0 Å². The Bertz CT molecular complexity index is 177. The summed E-state index contributed by atoms with van der Waals surface area (Å²) in [7, 11) is 1.35. The van der Waals surface area contributed by atoms with Gasteiger partial charge >= 0.3 is 5.97 Å². The highest BCUT2D eigenvalue weighted by Gasteiger charge is 2.30. The van der Waals surface area contributed by atoms with Crippen molar-refractivity contribution in [3.63, 3.8) is 0 Å². The Kier molecular flexibility index (Phi) is 4.43. The molecule has 0 fully saturated rings. The third kappa shape index (κ3) is 3.98. The van der Waals surface area contributed by atoms with Gasteiger partial charge < -0.3 is 4.74 Å². The highest BCUT2D eigenvalue weighted by molar-refractivity contribution is 8.42. The van der Waals surface area contributed by atoms with Crippen LogP contribution >= 0.6 is 36.6 Å². The largest absolute Gasteiger partial charge is 0.468 e. The van der Waals surface area contributed by atoms with E-state index >= 15 is 0 Å². The molecule has 2 nitrogen and oxygen atoms in total. The van der Waals surface area contributed by atoms with Crippen LogP contribution in [0.25, 0.3) is 0 Å². The number of carbonyl (C=O) groups excluding carboxylic acids is 1. The first-order chi connectivity index (χ1) is 4.90. The summed E-state index contributed by atoms with van der Waals surface area (Å²) in [6.45, 7) is 3.48. The summed E-state index contributed by atoms with van der Waals surface area (Å²) in [6.07, 6.45) is 0. The number of ether oxygens (including phenoxy) is 1. The highest BCUT2D eigenvalue weighted by atomic mass is 32.2. The van der Waals surface area contributed by atoms with Crippen LogP contribution in [0.15, 0.2) is 0 Å².